The van der Waals surface area contributed by atoms with E-state index in [2.05, 4.69) is 0 Å². The molecule has 6 rings (SSSR count). The van der Waals surface area contributed by atoms with Crippen molar-refractivity contribution in [2.45, 2.75) is 31.8 Å². The third kappa shape index (κ3) is 2.87. The molecule has 2 amide bonds. The molecule has 7 heteroatoms. The molecule has 0 radical (unpaired) electrons. The average molecular weight is 430 g/mol. The molecule has 0 N–H and O–H groups in total. The van der Waals surface area contributed by atoms with Crippen LogP contribution in [0.15, 0.2) is 54.6 Å². The SMILES string of the molecule is Cc1nn(-c2ccccc2)c2c1C(C1CC1)N(C1CN(C(=O)c3ccc(F)cc3)C1)C2=O. The molecule has 2 aromatic carbocycles. The monoisotopic (exact) mass is 430 g/mol. The number of aromatic nitrogens is 2. The molecule has 32 heavy (non-hydrogen) atoms. The van der Waals surface area contributed by atoms with E-state index in [-0.39, 0.29) is 29.7 Å². The first-order chi connectivity index (χ1) is 15.5. The van der Waals surface area contributed by atoms with Crippen LogP contribution in [0.4, 0.5) is 4.39 Å². The summed E-state index contributed by atoms with van der Waals surface area (Å²) < 4.78 is 15.0. The van der Waals surface area contributed by atoms with Gasteiger partial charge in [-0.05, 0) is 62.1 Å². The van der Waals surface area contributed by atoms with Gasteiger partial charge in [0.25, 0.3) is 11.8 Å². The van der Waals surface area contributed by atoms with Crippen LogP contribution in [0.1, 0.15) is 51.0 Å². The number of hydrogen-bond acceptors (Lipinski definition) is 3. The minimum absolute atomic E-state index is 0.000217. The average Bonchev–Trinajstić information content (AvgIpc) is 3.49. The van der Waals surface area contributed by atoms with Gasteiger partial charge in [-0.1, -0.05) is 18.2 Å². The zero-order valence-electron chi connectivity index (χ0n) is 17.7. The fraction of sp³-hybridized carbons (Fsp3) is 0.320. The highest BCUT2D eigenvalue weighted by atomic mass is 19.1. The van der Waals surface area contributed by atoms with Crippen LogP contribution in [0.5, 0.6) is 0 Å². The first-order valence-electron chi connectivity index (χ1n) is 11.1. The van der Waals surface area contributed by atoms with Crippen molar-refractivity contribution in [3.05, 3.63) is 82.9 Å². The number of rotatable bonds is 4. The Balaban J connectivity index is 1.28. The molecule has 3 aromatic rings. The summed E-state index contributed by atoms with van der Waals surface area (Å²) in [7, 11) is 0. The van der Waals surface area contributed by atoms with Crippen molar-refractivity contribution in [1.29, 1.82) is 0 Å². The molecule has 1 unspecified atom stereocenters. The summed E-state index contributed by atoms with van der Waals surface area (Å²) in [6.07, 6.45) is 2.21. The Labute approximate surface area is 185 Å². The molecule has 0 bridgehead atoms. The predicted octanol–water partition coefficient (Wildman–Crippen LogP) is 3.75. The van der Waals surface area contributed by atoms with Gasteiger partial charge in [0, 0.05) is 24.2 Å². The molecule has 1 atom stereocenters. The van der Waals surface area contributed by atoms with Gasteiger partial charge in [0.15, 0.2) is 0 Å². The second-order valence-corrected chi connectivity index (χ2v) is 8.96. The largest absolute Gasteiger partial charge is 0.334 e. The molecule has 2 fully saturated rings. The molecular formula is C25H23FN4O2. The number of carbonyl (C=O) groups excluding carboxylic acids is 2. The molecule has 6 nitrogen and oxygen atoms in total. The number of carbonyl (C=O) groups is 2. The fourth-order valence-electron chi connectivity index (χ4n) is 5.08. The number of hydrogen-bond donors (Lipinski definition) is 0. The Kier molecular flexibility index (Phi) is 4.22. The third-order valence-electron chi connectivity index (χ3n) is 6.84. The summed E-state index contributed by atoms with van der Waals surface area (Å²) in [5.74, 6) is -0.0343. The predicted molar refractivity (Wildman–Crippen MR) is 116 cm³/mol. The van der Waals surface area contributed by atoms with Crippen LogP contribution in [0.2, 0.25) is 0 Å². The summed E-state index contributed by atoms with van der Waals surface area (Å²) in [5.41, 5.74) is 3.95. The molecule has 2 aliphatic heterocycles. The van der Waals surface area contributed by atoms with Gasteiger partial charge in [0.2, 0.25) is 0 Å². The van der Waals surface area contributed by atoms with Gasteiger partial charge >= 0.3 is 0 Å². The van der Waals surface area contributed by atoms with Gasteiger partial charge in [-0.25, -0.2) is 9.07 Å². The Morgan fingerprint density at radius 1 is 1.03 bits per heavy atom. The number of likely N-dealkylation sites (tertiary alicyclic amines) is 1. The van der Waals surface area contributed by atoms with Crippen molar-refractivity contribution in [3.63, 3.8) is 0 Å². The highest BCUT2D eigenvalue weighted by molar-refractivity contribution is 5.99. The Morgan fingerprint density at radius 2 is 1.72 bits per heavy atom. The van der Waals surface area contributed by atoms with Crippen molar-refractivity contribution < 1.29 is 14.0 Å². The van der Waals surface area contributed by atoms with E-state index >= 15 is 0 Å². The first-order valence-corrected chi connectivity index (χ1v) is 11.1. The second-order valence-electron chi connectivity index (χ2n) is 8.96. The molecule has 3 aliphatic rings. The van der Waals surface area contributed by atoms with E-state index in [1.807, 2.05) is 42.2 Å². The lowest BCUT2D eigenvalue weighted by Gasteiger charge is -2.46. The number of fused-ring (bicyclic) bond motifs is 1. The van der Waals surface area contributed by atoms with E-state index in [0.717, 1.165) is 29.8 Å². The lowest BCUT2D eigenvalue weighted by atomic mass is 9.99. The molecule has 0 spiro atoms. The lowest BCUT2D eigenvalue weighted by Crippen LogP contribution is -2.62. The lowest BCUT2D eigenvalue weighted by molar-refractivity contribution is 0.0115. The Hall–Kier alpha value is -3.48. The van der Waals surface area contributed by atoms with Crippen LogP contribution in [-0.2, 0) is 0 Å². The first kappa shape index (κ1) is 19.2. The minimum Gasteiger partial charge on any atom is -0.334 e. The van der Waals surface area contributed by atoms with Gasteiger partial charge in [-0.2, -0.15) is 5.10 Å². The number of nitrogens with zero attached hydrogens (tertiary/aromatic N) is 4. The summed E-state index contributed by atoms with van der Waals surface area (Å²) in [6, 6.07) is 15.4. The van der Waals surface area contributed by atoms with Gasteiger partial charge in [-0.3, -0.25) is 9.59 Å². The van der Waals surface area contributed by atoms with Gasteiger partial charge in [0.1, 0.15) is 11.5 Å². The quantitative estimate of drug-likeness (QED) is 0.634. The maximum absolute atomic E-state index is 13.7. The number of para-hydroxylation sites is 1. The maximum Gasteiger partial charge on any atom is 0.273 e. The number of amides is 2. The smallest absolute Gasteiger partial charge is 0.273 e. The standard InChI is InChI=1S/C25H23FN4O2/c1-15-21-22(16-7-8-16)29(25(32)23(21)30(27-15)19-5-3-2-4-6-19)20-13-28(14-20)24(31)17-9-11-18(26)12-10-17/h2-6,9-12,16,20,22H,7-8,13-14H2,1H3. The summed E-state index contributed by atoms with van der Waals surface area (Å²) >= 11 is 0. The molecule has 1 saturated carbocycles. The fourth-order valence-corrected chi connectivity index (χ4v) is 5.08. The molecular weight excluding hydrogens is 407 g/mol. The summed E-state index contributed by atoms with van der Waals surface area (Å²) in [6.45, 7) is 2.97. The van der Waals surface area contributed by atoms with E-state index in [9.17, 15) is 14.0 Å². The molecule has 1 aromatic heterocycles. The summed E-state index contributed by atoms with van der Waals surface area (Å²) in [4.78, 5) is 30.2. The van der Waals surface area contributed by atoms with Crippen LogP contribution in [0.3, 0.4) is 0 Å². The van der Waals surface area contributed by atoms with E-state index in [0.29, 0.717) is 30.3 Å². The topological polar surface area (TPSA) is 58.4 Å². The van der Waals surface area contributed by atoms with Crippen LogP contribution in [0.25, 0.3) is 5.69 Å². The Bertz CT molecular complexity index is 1210. The summed E-state index contributed by atoms with van der Waals surface area (Å²) in [5, 5.41) is 4.71. The zero-order chi connectivity index (χ0) is 22.0. The van der Waals surface area contributed by atoms with Crippen LogP contribution in [0, 0.1) is 18.7 Å². The van der Waals surface area contributed by atoms with Crippen molar-refractivity contribution in [1.82, 2.24) is 19.6 Å². The van der Waals surface area contributed by atoms with Crippen LogP contribution < -0.4 is 0 Å². The number of benzene rings is 2. The van der Waals surface area contributed by atoms with E-state index in [1.165, 1.54) is 24.3 Å². The van der Waals surface area contributed by atoms with Crippen molar-refractivity contribution in [2.24, 2.45) is 5.92 Å². The van der Waals surface area contributed by atoms with Crippen molar-refractivity contribution in [3.8, 4) is 5.69 Å². The molecule has 162 valence electrons. The van der Waals surface area contributed by atoms with Gasteiger partial charge in [-0.15, -0.1) is 0 Å². The number of halogens is 1. The second kappa shape index (κ2) is 7.02. The molecule has 1 aliphatic carbocycles. The van der Waals surface area contributed by atoms with Gasteiger partial charge < -0.3 is 9.80 Å². The highest BCUT2D eigenvalue weighted by Gasteiger charge is 2.53. The number of aryl methyl sites for hydroxylation is 1. The van der Waals surface area contributed by atoms with Crippen LogP contribution >= 0.6 is 0 Å². The maximum atomic E-state index is 13.7. The third-order valence-corrected chi connectivity index (χ3v) is 6.84. The molecule has 3 heterocycles. The zero-order valence-corrected chi connectivity index (χ0v) is 17.7. The minimum atomic E-state index is -0.362. The van der Waals surface area contributed by atoms with E-state index < -0.39 is 0 Å². The van der Waals surface area contributed by atoms with E-state index in [1.54, 1.807) is 9.58 Å². The highest BCUT2D eigenvalue weighted by Crippen LogP contribution is 2.52. The van der Waals surface area contributed by atoms with E-state index in [4.69, 9.17) is 5.10 Å². The Morgan fingerprint density at radius 3 is 2.38 bits per heavy atom. The van der Waals surface area contributed by atoms with Crippen molar-refractivity contribution in [2.75, 3.05) is 13.1 Å². The molecule has 1 saturated heterocycles. The van der Waals surface area contributed by atoms with Crippen molar-refractivity contribution >= 4 is 11.8 Å². The normalized spacial score (nSPS) is 20.4. The van der Waals surface area contributed by atoms with Crippen LogP contribution in [-0.4, -0.2) is 50.5 Å². The van der Waals surface area contributed by atoms with Gasteiger partial charge in [0.05, 0.1) is 23.5 Å².